The molecule has 0 aromatic heterocycles. The van der Waals surface area contributed by atoms with Crippen LogP contribution in [0.25, 0.3) is 33.4 Å². The summed E-state index contributed by atoms with van der Waals surface area (Å²) in [4.78, 5) is 8.16. The molecule has 1 fully saturated rings. The van der Waals surface area contributed by atoms with Crippen molar-refractivity contribution < 1.29 is 0 Å². The number of para-hydroxylation sites is 1. The van der Waals surface area contributed by atoms with Crippen molar-refractivity contribution in [2.75, 3.05) is 14.7 Å². The van der Waals surface area contributed by atoms with Gasteiger partial charge in [0, 0.05) is 50.7 Å². The van der Waals surface area contributed by atoms with E-state index in [1.54, 1.807) is 0 Å². The summed E-state index contributed by atoms with van der Waals surface area (Å²) in [6.45, 7) is 26.2. The second-order valence-corrected chi connectivity index (χ2v) is 26.2. The highest BCUT2D eigenvalue weighted by Crippen LogP contribution is 2.63. The largest absolute Gasteiger partial charge is 0.334 e. The number of benzene rings is 9. The van der Waals surface area contributed by atoms with Gasteiger partial charge in [0.15, 0.2) is 0 Å². The van der Waals surface area contributed by atoms with Gasteiger partial charge in [-0.15, -0.1) is 0 Å². The van der Waals surface area contributed by atoms with Gasteiger partial charge in [-0.3, -0.25) is 0 Å². The van der Waals surface area contributed by atoms with Gasteiger partial charge in [0.05, 0.1) is 16.9 Å². The summed E-state index contributed by atoms with van der Waals surface area (Å²) in [7, 11) is 0. The van der Waals surface area contributed by atoms with Crippen molar-refractivity contribution in [1.82, 2.24) is 0 Å². The van der Waals surface area contributed by atoms with Crippen LogP contribution < -0.4 is 31.1 Å². The molecule has 0 radical (unpaired) electrons. The molecular formula is C73H72BN3. The number of nitrogens with zero attached hydrogens (tertiary/aromatic N) is 3. The minimum atomic E-state index is -0.154. The molecule has 1 saturated carbocycles. The highest BCUT2D eigenvalue weighted by atomic mass is 15.3. The summed E-state index contributed by atoms with van der Waals surface area (Å²) >= 11 is 0. The average molecular weight is 1000 g/mol. The maximum atomic E-state index is 2.79. The highest BCUT2D eigenvalue weighted by Gasteiger charge is 2.60. The predicted octanol–water partition coefficient (Wildman–Crippen LogP) is 18.0. The van der Waals surface area contributed by atoms with Crippen LogP contribution in [0.1, 0.15) is 118 Å². The summed E-state index contributed by atoms with van der Waals surface area (Å²) in [5.74, 6) is 0. The van der Waals surface area contributed by atoms with Crippen molar-refractivity contribution in [3.8, 4) is 33.4 Å². The van der Waals surface area contributed by atoms with E-state index in [0.29, 0.717) is 0 Å². The summed E-state index contributed by atoms with van der Waals surface area (Å²) < 4.78 is 0. The van der Waals surface area contributed by atoms with Crippen LogP contribution in [0.3, 0.4) is 0 Å². The van der Waals surface area contributed by atoms with Crippen LogP contribution in [0, 0.1) is 0 Å². The number of anilines is 8. The third kappa shape index (κ3) is 7.67. The molecule has 0 N–H and O–H groups in total. The van der Waals surface area contributed by atoms with Gasteiger partial charge in [-0.2, -0.15) is 0 Å². The first kappa shape index (κ1) is 49.0. The average Bonchev–Trinajstić information content (AvgIpc) is 4.01. The molecule has 2 atom stereocenters. The van der Waals surface area contributed by atoms with Gasteiger partial charge in [0.25, 0.3) is 6.71 Å². The van der Waals surface area contributed by atoms with Crippen molar-refractivity contribution in [2.45, 2.75) is 123 Å². The molecule has 0 amide bonds. The van der Waals surface area contributed by atoms with Crippen molar-refractivity contribution >= 4 is 68.6 Å². The zero-order chi connectivity index (χ0) is 53.4. The van der Waals surface area contributed by atoms with Crippen LogP contribution in [0.15, 0.2) is 200 Å². The van der Waals surface area contributed by atoms with Crippen molar-refractivity contribution in [1.29, 1.82) is 0 Å². The highest BCUT2D eigenvalue weighted by molar-refractivity contribution is 7.00. The number of hydrogen-bond acceptors (Lipinski definition) is 3. The summed E-state index contributed by atoms with van der Waals surface area (Å²) in [5.41, 5.74) is 26.1. The predicted molar refractivity (Wildman–Crippen MR) is 331 cm³/mol. The Hall–Kier alpha value is -7.56. The molecule has 4 aliphatic rings. The fraction of sp³-hybridized carbons (Fsp3) is 0.260. The lowest BCUT2D eigenvalue weighted by atomic mass is 9.33. The molecule has 382 valence electrons. The van der Waals surface area contributed by atoms with Crippen LogP contribution in [-0.2, 0) is 21.7 Å². The lowest BCUT2D eigenvalue weighted by Crippen LogP contribution is -2.61. The van der Waals surface area contributed by atoms with E-state index in [-0.39, 0.29) is 33.9 Å². The van der Waals surface area contributed by atoms with Crippen molar-refractivity contribution in [3.05, 3.63) is 222 Å². The molecule has 4 heteroatoms. The van der Waals surface area contributed by atoms with Gasteiger partial charge in [0.2, 0.25) is 0 Å². The van der Waals surface area contributed by atoms with Gasteiger partial charge in [-0.1, -0.05) is 221 Å². The fourth-order valence-electron chi connectivity index (χ4n) is 13.9. The standard InChI is InChI=1S/C73H72BN3/c1-69(2,3)52-34-38-61(56(43-52)49-26-17-13-18-27-49)75-64-42-51(48-24-15-12-16-25-48)32-36-59(64)74-60-37-33-54(71(7,8)9)45-65(60)76(62-39-35-53(70(4,5)6)44-57(62)50-28-19-14-20-29-50)67-47-55(46-66(75)68(67)74)77-63-31-22-21-30-58(63)72(10)40-23-41-73(72,77)11/h12-22,24-39,42-47H,23,40-41H2,1-11H3. The maximum absolute atomic E-state index is 2.79. The fourth-order valence-corrected chi connectivity index (χ4v) is 13.9. The van der Waals surface area contributed by atoms with Crippen LogP contribution in [0.5, 0.6) is 0 Å². The van der Waals surface area contributed by atoms with Crippen LogP contribution in [0.2, 0.25) is 0 Å². The number of rotatable bonds is 6. The Bertz CT molecular complexity index is 3780. The molecule has 9 aromatic carbocycles. The first-order chi connectivity index (χ1) is 36.8. The smallest absolute Gasteiger partial charge is 0.252 e. The van der Waals surface area contributed by atoms with E-state index in [4.69, 9.17) is 0 Å². The molecule has 9 aromatic rings. The molecule has 3 heterocycles. The molecule has 13 rings (SSSR count). The van der Waals surface area contributed by atoms with E-state index in [1.165, 1.54) is 124 Å². The molecule has 3 nitrogen and oxygen atoms in total. The zero-order valence-corrected chi connectivity index (χ0v) is 47.1. The van der Waals surface area contributed by atoms with E-state index < -0.39 is 0 Å². The SMILES string of the molecule is CC(C)(C)c1ccc(N2c3cc(-c4ccccc4)ccc3B3c4ccc(C(C)(C)C)cc4N(c4ccc(C(C)(C)C)cc4-c4ccccc4)c4cc(N5c6ccccc6C6(C)CCCC56C)cc2c43)c(-c2ccccc2)c1. The third-order valence-electron chi connectivity index (χ3n) is 18.4. The Morgan fingerprint density at radius 1 is 0.377 bits per heavy atom. The van der Waals surface area contributed by atoms with E-state index in [2.05, 4.69) is 291 Å². The van der Waals surface area contributed by atoms with Gasteiger partial charge in [-0.25, -0.2) is 0 Å². The number of hydrogen-bond donors (Lipinski definition) is 0. The molecular weight excluding hydrogens is 930 g/mol. The Morgan fingerprint density at radius 2 is 0.831 bits per heavy atom. The van der Waals surface area contributed by atoms with Gasteiger partial charge in [0.1, 0.15) is 0 Å². The monoisotopic (exact) mass is 1000 g/mol. The van der Waals surface area contributed by atoms with E-state index in [0.717, 1.165) is 12.8 Å². The minimum Gasteiger partial charge on any atom is -0.334 e. The maximum Gasteiger partial charge on any atom is 0.252 e. The second kappa shape index (κ2) is 17.5. The van der Waals surface area contributed by atoms with Gasteiger partial charge in [-0.05, 0) is 152 Å². The number of fused-ring (bicyclic) bond motifs is 7. The van der Waals surface area contributed by atoms with Crippen molar-refractivity contribution in [2.24, 2.45) is 0 Å². The molecule has 3 aliphatic heterocycles. The summed E-state index contributed by atoms with van der Waals surface area (Å²) in [6.07, 6.45) is 3.46. The summed E-state index contributed by atoms with van der Waals surface area (Å²) in [5, 5.41) is 0. The quantitative estimate of drug-likeness (QED) is 0.154. The Morgan fingerprint density at radius 3 is 1.36 bits per heavy atom. The van der Waals surface area contributed by atoms with Gasteiger partial charge >= 0.3 is 0 Å². The van der Waals surface area contributed by atoms with Crippen molar-refractivity contribution in [3.63, 3.8) is 0 Å². The molecule has 1 aliphatic carbocycles. The normalized spacial score (nSPS) is 18.4. The Balaban J connectivity index is 1.20. The molecule has 0 saturated heterocycles. The van der Waals surface area contributed by atoms with E-state index >= 15 is 0 Å². The lowest BCUT2D eigenvalue weighted by Gasteiger charge is -2.47. The topological polar surface area (TPSA) is 9.72 Å². The molecule has 0 spiro atoms. The zero-order valence-electron chi connectivity index (χ0n) is 47.1. The van der Waals surface area contributed by atoms with Crippen LogP contribution in [0.4, 0.5) is 45.5 Å². The Kier molecular flexibility index (Phi) is 11.1. The summed E-state index contributed by atoms with van der Waals surface area (Å²) in [6, 6.07) is 77.2. The van der Waals surface area contributed by atoms with Crippen LogP contribution in [-0.4, -0.2) is 12.3 Å². The van der Waals surface area contributed by atoms with E-state index in [9.17, 15) is 0 Å². The van der Waals surface area contributed by atoms with E-state index in [1.807, 2.05) is 0 Å². The van der Waals surface area contributed by atoms with Gasteiger partial charge < -0.3 is 14.7 Å². The van der Waals surface area contributed by atoms with Crippen LogP contribution >= 0.6 is 0 Å². The lowest BCUT2D eigenvalue weighted by molar-refractivity contribution is 0.330. The second-order valence-electron chi connectivity index (χ2n) is 26.2. The first-order valence-electron chi connectivity index (χ1n) is 28.3. The minimum absolute atomic E-state index is 0.0173. The third-order valence-corrected chi connectivity index (χ3v) is 18.4. The first-order valence-corrected chi connectivity index (χ1v) is 28.3. The Labute approximate surface area is 459 Å². The molecule has 2 unspecified atom stereocenters. The molecule has 77 heavy (non-hydrogen) atoms. The molecule has 0 bridgehead atoms.